The van der Waals surface area contributed by atoms with Crippen molar-refractivity contribution in [2.75, 3.05) is 18.5 Å². The lowest BCUT2D eigenvalue weighted by molar-refractivity contribution is -0.143. The van der Waals surface area contributed by atoms with Gasteiger partial charge in [-0.2, -0.15) is 5.26 Å². The average Bonchev–Trinajstić information content (AvgIpc) is 2.57. The first kappa shape index (κ1) is 16.9. The second-order valence-corrected chi connectivity index (χ2v) is 4.53. The van der Waals surface area contributed by atoms with Gasteiger partial charge < -0.3 is 19.9 Å². The number of aliphatic carboxylic acids is 1. The van der Waals surface area contributed by atoms with Gasteiger partial charge >= 0.3 is 5.97 Å². The van der Waals surface area contributed by atoms with Gasteiger partial charge in [-0.3, -0.25) is 4.79 Å². The molecule has 2 N–H and O–H groups in total. The average molecular weight is 327 g/mol. The van der Waals surface area contributed by atoms with E-state index in [1.54, 1.807) is 36.4 Å². The van der Waals surface area contributed by atoms with E-state index in [1.165, 1.54) is 6.20 Å². The van der Waals surface area contributed by atoms with Crippen molar-refractivity contribution in [2.24, 2.45) is 0 Å². The van der Waals surface area contributed by atoms with Crippen molar-refractivity contribution in [3.8, 4) is 17.7 Å². The molecule has 8 heteroatoms. The topological polar surface area (TPSA) is 122 Å². The van der Waals surface area contributed by atoms with Gasteiger partial charge in [0.25, 0.3) is 0 Å². The summed E-state index contributed by atoms with van der Waals surface area (Å²) in [6.45, 7) is -0.893. The van der Waals surface area contributed by atoms with Crippen LogP contribution in [0.3, 0.4) is 0 Å². The first-order valence-electron chi connectivity index (χ1n) is 6.81. The van der Waals surface area contributed by atoms with Gasteiger partial charge in [-0.15, -0.1) is 0 Å². The summed E-state index contributed by atoms with van der Waals surface area (Å²) in [5.74, 6) is -0.971. The molecule has 0 atom stereocenters. The normalized spacial score (nSPS) is 9.79. The monoisotopic (exact) mass is 327 g/mol. The van der Waals surface area contributed by atoms with E-state index >= 15 is 0 Å². The molecule has 1 heterocycles. The number of carboxylic acids is 1. The fourth-order valence-electron chi connectivity index (χ4n) is 1.70. The molecular weight excluding hydrogens is 314 g/mol. The lowest BCUT2D eigenvalue weighted by Gasteiger charge is -2.08. The van der Waals surface area contributed by atoms with Crippen LogP contribution in [0.4, 0.5) is 5.69 Å². The fraction of sp³-hybridized carbons (Fsp3) is 0.125. The van der Waals surface area contributed by atoms with Crippen LogP contribution in [0.2, 0.25) is 0 Å². The Morgan fingerprint density at radius 1 is 1.21 bits per heavy atom. The van der Waals surface area contributed by atoms with Crippen LogP contribution in [0.5, 0.6) is 11.6 Å². The predicted octanol–water partition coefficient (Wildman–Crippen LogP) is 1.79. The molecule has 2 aromatic rings. The Balaban J connectivity index is 1.92. The van der Waals surface area contributed by atoms with Crippen LogP contribution < -0.4 is 10.1 Å². The van der Waals surface area contributed by atoms with Crippen LogP contribution in [0.1, 0.15) is 5.56 Å². The molecule has 0 saturated carbocycles. The van der Waals surface area contributed by atoms with E-state index in [4.69, 9.17) is 15.1 Å². The Morgan fingerprint density at radius 3 is 2.62 bits per heavy atom. The number of benzene rings is 1. The highest BCUT2D eigenvalue weighted by Gasteiger charge is 2.07. The first-order valence-corrected chi connectivity index (χ1v) is 6.81. The highest BCUT2D eigenvalue weighted by atomic mass is 16.5. The largest absolute Gasteiger partial charge is 0.480 e. The van der Waals surface area contributed by atoms with Crippen LogP contribution in [-0.2, 0) is 14.3 Å². The molecule has 0 radical (unpaired) electrons. The van der Waals surface area contributed by atoms with Gasteiger partial charge in [0, 0.05) is 11.9 Å². The van der Waals surface area contributed by atoms with Crippen molar-refractivity contribution in [3.63, 3.8) is 0 Å². The number of ether oxygens (including phenoxy) is 2. The molecule has 2 rings (SSSR count). The number of nitrogens with one attached hydrogen (secondary N) is 1. The minimum absolute atomic E-state index is 0.193. The smallest absolute Gasteiger partial charge is 0.329 e. The number of carbonyl (C=O) groups is 2. The van der Waals surface area contributed by atoms with E-state index in [2.05, 4.69) is 15.0 Å². The number of hydrogen-bond donors (Lipinski definition) is 2. The Hall–Kier alpha value is -3.44. The van der Waals surface area contributed by atoms with Crippen molar-refractivity contribution >= 4 is 17.6 Å². The van der Waals surface area contributed by atoms with Gasteiger partial charge in [0.2, 0.25) is 11.8 Å². The highest BCUT2D eigenvalue weighted by molar-refractivity contribution is 5.91. The van der Waals surface area contributed by atoms with Crippen LogP contribution in [0, 0.1) is 11.3 Å². The number of nitrogens with zero attached hydrogens (tertiary/aromatic N) is 2. The lowest BCUT2D eigenvalue weighted by atomic mass is 10.3. The summed E-state index contributed by atoms with van der Waals surface area (Å²) in [5.41, 5.74) is 0.804. The molecule has 24 heavy (non-hydrogen) atoms. The van der Waals surface area contributed by atoms with Crippen LogP contribution in [0.15, 0.2) is 42.6 Å². The van der Waals surface area contributed by atoms with Crippen molar-refractivity contribution < 1.29 is 24.2 Å². The number of carbonyl (C=O) groups excluding carboxylic acids is 1. The van der Waals surface area contributed by atoms with Crippen molar-refractivity contribution in [3.05, 3.63) is 48.2 Å². The third-order valence-corrected chi connectivity index (χ3v) is 2.70. The molecule has 0 bridgehead atoms. The van der Waals surface area contributed by atoms with E-state index < -0.39 is 18.5 Å². The fourth-order valence-corrected chi connectivity index (χ4v) is 1.70. The summed E-state index contributed by atoms with van der Waals surface area (Å²) >= 11 is 0. The summed E-state index contributed by atoms with van der Waals surface area (Å²) in [6.07, 6.45) is 1.52. The molecule has 0 spiro atoms. The third-order valence-electron chi connectivity index (χ3n) is 2.70. The summed E-state index contributed by atoms with van der Waals surface area (Å²) in [7, 11) is 0. The molecule has 1 aromatic heterocycles. The number of pyridine rings is 1. The summed E-state index contributed by atoms with van der Waals surface area (Å²) in [5, 5.41) is 19.9. The number of aromatic nitrogens is 1. The SMILES string of the molecule is N#Cc1cccnc1Oc1ccc(NC(=O)COCC(=O)O)cc1. The molecule has 1 amide bonds. The van der Waals surface area contributed by atoms with Crippen LogP contribution in [-0.4, -0.2) is 35.2 Å². The number of rotatable bonds is 7. The maximum absolute atomic E-state index is 11.5. The zero-order chi connectivity index (χ0) is 17.4. The van der Waals surface area contributed by atoms with E-state index in [-0.39, 0.29) is 12.5 Å². The molecule has 8 nitrogen and oxygen atoms in total. The number of hydrogen-bond acceptors (Lipinski definition) is 6. The zero-order valence-electron chi connectivity index (χ0n) is 12.4. The lowest BCUT2D eigenvalue weighted by Crippen LogP contribution is -2.20. The molecule has 0 saturated heterocycles. The van der Waals surface area contributed by atoms with Gasteiger partial charge in [0.1, 0.15) is 30.6 Å². The third kappa shape index (κ3) is 5.08. The summed E-state index contributed by atoms with van der Waals surface area (Å²) in [6, 6.07) is 11.6. The number of amides is 1. The summed E-state index contributed by atoms with van der Waals surface area (Å²) < 4.78 is 10.2. The quantitative estimate of drug-likeness (QED) is 0.795. The predicted molar refractivity (Wildman–Crippen MR) is 82.6 cm³/mol. The number of nitriles is 1. The molecule has 0 unspecified atom stereocenters. The maximum Gasteiger partial charge on any atom is 0.329 e. The van der Waals surface area contributed by atoms with Gasteiger partial charge in [0.05, 0.1) is 0 Å². The Bertz CT molecular complexity index is 768. The minimum atomic E-state index is -1.14. The number of anilines is 1. The second-order valence-electron chi connectivity index (χ2n) is 4.53. The maximum atomic E-state index is 11.5. The van der Waals surface area contributed by atoms with Gasteiger partial charge in [-0.25, -0.2) is 9.78 Å². The van der Waals surface area contributed by atoms with Gasteiger partial charge in [-0.1, -0.05) is 0 Å². The van der Waals surface area contributed by atoms with Crippen molar-refractivity contribution in [1.29, 1.82) is 5.26 Å². The Kier molecular flexibility index (Phi) is 5.82. The van der Waals surface area contributed by atoms with E-state index in [1.807, 2.05) is 6.07 Å². The molecule has 0 aliphatic carbocycles. The van der Waals surface area contributed by atoms with E-state index in [0.29, 0.717) is 17.0 Å². The van der Waals surface area contributed by atoms with Crippen molar-refractivity contribution in [1.82, 2.24) is 4.98 Å². The summed E-state index contributed by atoms with van der Waals surface area (Å²) in [4.78, 5) is 25.8. The standard InChI is InChI=1S/C16H13N3O5/c17-8-11-2-1-7-18-16(11)24-13-5-3-12(4-6-13)19-14(20)9-23-10-15(21)22/h1-7H,9-10H2,(H,19,20)(H,21,22). The van der Waals surface area contributed by atoms with Crippen LogP contribution in [0.25, 0.3) is 0 Å². The number of carboxylic acid groups (broad SMARTS) is 1. The Morgan fingerprint density at radius 2 is 1.96 bits per heavy atom. The van der Waals surface area contributed by atoms with E-state index in [0.717, 1.165) is 0 Å². The molecule has 122 valence electrons. The molecular formula is C16H13N3O5. The highest BCUT2D eigenvalue weighted by Crippen LogP contribution is 2.23. The minimum Gasteiger partial charge on any atom is -0.480 e. The second kappa shape index (κ2) is 8.26. The molecule has 0 aliphatic rings. The van der Waals surface area contributed by atoms with E-state index in [9.17, 15) is 9.59 Å². The first-order chi connectivity index (χ1) is 11.6. The van der Waals surface area contributed by atoms with Crippen LogP contribution >= 0.6 is 0 Å². The van der Waals surface area contributed by atoms with Gasteiger partial charge in [0.15, 0.2) is 0 Å². The van der Waals surface area contributed by atoms with Crippen molar-refractivity contribution in [2.45, 2.75) is 0 Å². The zero-order valence-corrected chi connectivity index (χ0v) is 12.4. The molecule has 0 fully saturated rings. The molecule has 0 aliphatic heterocycles. The molecule has 1 aromatic carbocycles. The van der Waals surface area contributed by atoms with Gasteiger partial charge in [-0.05, 0) is 36.4 Å². The Labute approximate surface area is 137 Å².